The molecule has 0 radical (unpaired) electrons. The van der Waals surface area contributed by atoms with Crippen LogP contribution in [0, 0.1) is 5.92 Å². The normalized spacial score (nSPS) is 15.3. The van der Waals surface area contributed by atoms with E-state index < -0.39 is 11.7 Å². The highest BCUT2D eigenvalue weighted by Gasteiger charge is 2.33. The van der Waals surface area contributed by atoms with Gasteiger partial charge in [0.15, 0.2) is 0 Å². The molecule has 1 aromatic carbocycles. The summed E-state index contributed by atoms with van der Waals surface area (Å²) in [5, 5.41) is 12.2. The van der Waals surface area contributed by atoms with Gasteiger partial charge >= 0.3 is 6.18 Å². The maximum atomic E-state index is 12.8. The number of phenols is 1. The first-order valence-electron chi connectivity index (χ1n) is 9.77. The van der Waals surface area contributed by atoms with Gasteiger partial charge < -0.3 is 15.3 Å². The smallest absolute Gasteiger partial charge is 0.417 e. The minimum absolute atomic E-state index is 0.00756. The molecule has 0 spiro atoms. The Kier molecular flexibility index (Phi) is 7.07. The standard InChI is InChI=1S/C21H23ClF3N3O2/c22-18-12-16(21(23,24)25)13-27-19(18)28-10-7-15(8-11-28)20(30)26-9-1-2-14-3-5-17(29)6-4-14/h3-6,12-13,15,29H,1-2,7-11H2,(H,26,30). The Hall–Kier alpha value is -2.48. The summed E-state index contributed by atoms with van der Waals surface area (Å²) in [4.78, 5) is 18.1. The van der Waals surface area contributed by atoms with Gasteiger partial charge in [0.25, 0.3) is 0 Å². The van der Waals surface area contributed by atoms with Crippen LogP contribution in [0.3, 0.4) is 0 Å². The van der Waals surface area contributed by atoms with E-state index in [1.54, 1.807) is 12.1 Å². The molecule has 0 unspecified atom stereocenters. The summed E-state index contributed by atoms with van der Waals surface area (Å²) in [6.07, 6.45) is -0.931. The number of benzene rings is 1. The number of carbonyl (C=O) groups is 1. The topological polar surface area (TPSA) is 65.5 Å². The third kappa shape index (κ3) is 5.78. The van der Waals surface area contributed by atoms with E-state index >= 15 is 0 Å². The third-order valence-corrected chi connectivity index (χ3v) is 5.47. The first-order chi connectivity index (χ1) is 14.2. The second-order valence-electron chi connectivity index (χ2n) is 7.35. The molecule has 0 bridgehead atoms. The highest BCUT2D eigenvalue weighted by atomic mass is 35.5. The van der Waals surface area contributed by atoms with Crippen molar-refractivity contribution in [2.75, 3.05) is 24.5 Å². The van der Waals surface area contributed by atoms with Crippen molar-refractivity contribution in [2.24, 2.45) is 5.92 Å². The fourth-order valence-electron chi connectivity index (χ4n) is 3.48. The van der Waals surface area contributed by atoms with Crippen molar-refractivity contribution < 1.29 is 23.1 Å². The number of halogens is 4. The van der Waals surface area contributed by atoms with Crippen molar-refractivity contribution in [3.8, 4) is 5.75 Å². The first kappa shape index (κ1) is 22.2. The van der Waals surface area contributed by atoms with Crippen LogP contribution in [-0.2, 0) is 17.4 Å². The summed E-state index contributed by atoms with van der Waals surface area (Å²) in [5.74, 6) is 0.401. The van der Waals surface area contributed by atoms with Gasteiger partial charge in [0.05, 0.1) is 10.6 Å². The molecule has 1 fully saturated rings. The van der Waals surface area contributed by atoms with Gasteiger partial charge in [-0.3, -0.25) is 4.79 Å². The average Bonchev–Trinajstić information content (AvgIpc) is 2.72. The van der Waals surface area contributed by atoms with Gasteiger partial charge in [-0.2, -0.15) is 13.2 Å². The highest BCUT2D eigenvalue weighted by molar-refractivity contribution is 6.33. The second kappa shape index (κ2) is 9.55. The predicted octanol–water partition coefficient (Wildman–Crippen LogP) is 4.42. The Labute approximate surface area is 177 Å². The molecule has 0 atom stereocenters. The van der Waals surface area contributed by atoms with E-state index in [4.69, 9.17) is 11.6 Å². The number of amides is 1. The number of alkyl halides is 3. The van der Waals surface area contributed by atoms with E-state index in [-0.39, 0.29) is 22.6 Å². The van der Waals surface area contributed by atoms with Crippen LogP contribution in [0.1, 0.15) is 30.4 Å². The average molecular weight is 442 g/mol. The fourth-order valence-corrected chi connectivity index (χ4v) is 3.77. The molecule has 9 heteroatoms. The van der Waals surface area contributed by atoms with E-state index in [0.29, 0.717) is 38.3 Å². The van der Waals surface area contributed by atoms with Gasteiger partial charge in [0, 0.05) is 31.7 Å². The van der Waals surface area contributed by atoms with Gasteiger partial charge in [0.1, 0.15) is 11.6 Å². The lowest BCUT2D eigenvalue weighted by Crippen LogP contribution is -2.41. The number of piperidine rings is 1. The first-order valence-corrected chi connectivity index (χ1v) is 10.1. The summed E-state index contributed by atoms with van der Waals surface area (Å²) < 4.78 is 38.3. The minimum Gasteiger partial charge on any atom is -0.508 e. The lowest BCUT2D eigenvalue weighted by atomic mass is 9.95. The number of nitrogens with zero attached hydrogens (tertiary/aromatic N) is 2. The molecule has 2 heterocycles. The van der Waals surface area contributed by atoms with E-state index in [0.717, 1.165) is 30.7 Å². The number of pyridine rings is 1. The molecule has 1 amide bonds. The predicted molar refractivity (Wildman–Crippen MR) is 109 cm³/mol. The number of aryl methyl sites for hydroxylation is 1. The SMILES string of the molecule is O=C(NCCCc1ccc(O)cc1)C1CCN(c2ncc(C(F)(F)F)cc2Cl)CC1. The number of aromatic hydroxyl groups is 1. The zero-order chi connectivity index (χ0) is 21.7. The largest absolute Gasteiger partial charge is 0.508 e. The van der Waals surface area contributed by atoms with Crippen LogP contribution < -0.4 is 10.2 Å². The van der Waals surface area contributed by atoms with Crippen LogP contribution in [0.2, 0.25) is 5.02 Å². The third-order valence-electron chi connectivity index (χ3n) is 5.19. The molecule has 2 N–H and O–H groups in total. The number of nitrogens with one attached hydrogen (secondary N) is 1. The van der Waals surface area contributed by atoms with Gasteiger partial charge in [0.2, 0.25) is 5.91 Å². The fraction of sp³-hybridized carbons (Fsp3) is 0.429. The summed E-state index contributed by atoms with van der Waals surface area (Å²) in [5.41, 5.74) is 0.217. The molecule has 1 saturated heterocycles. The van der Waals surface area contributed by atoms with E-state index in [1.165, 1.54) is 0 Å². The zero-order valence-electron chi connectivity index (χ0n) is 16.3. The molecule has 1 aliphatic heterocycles. The van der Waals surface area contributed by atoms with Gasteiger partial charge in [-0.1, -0.05) is 23.7 Å². The number of aromatic nitrogens is 1. The molecule has 1 aliphatic rings. The zero-order valence-corrected chi connectivity index (χ0v) is 17.0. The summed E-state index contributed by atoms with van der Waals surface area (Å²) in [6.45, 7) is 1.57. The molecule has 30 heavy (non-hydrogen) atoms. The Balaban J connectivity index is 1.43. The van der Waals surface area contributed by atoms with E-state index in [9.17, 15) is 23.1 Å². The number of rotatable bonds is 6. The van der Waals surface area contributed by atoms with Gasteiger partial charge in [-0.15, -0.1) is 0 Å². The number of anilines is 1. The molecule has 0 saturated carbocycles. The molecular weight excluding hydrogens is 419 g/mol. The number of hydrogen-bond donors (Lipinski definition) is 2. The monoisotopic (exact) mass is 441 g/mol. The van der Waals surface area contributed by atoms with Crippen LogP contribution in [0.5, 0.6) is 5.75 Å². The maximum Gasteiger partial charge on any atom is 0.417 e. The Morgan fingerprint density at radius 1 is 1.23 bits per heavy atom. The van der Waals surface area contributed by atoms with Crippen molar-refractivity contribution >= 4 is 23.3 Å². The van der Waals surface area contributed by atoms with Crippen LogP contribution in [0.15, 0.2) is 36.5 Å². The van der Waals surface area contributed by atoms with Crippen LogP contribution in [0.4, 0.5) is 19.0 Å². The lowest BCUT2D eigenvalue weighted by Gasteiger charge is -2.32. The van der Waals surface area contributed by atoms with Crippen molar-refractivity contribution in [1.82, 2.24) is 10.3 Å². The summed E-state index contributed by atoms with van der Waals surface area (Å²) in [7, 11) is 0. The molecular formula is C21H23ClF3N3O2. The molecule has 1 aromatic heterocycles. The Bertz CT molecular complexity index is 867. The van der Waals surface area contributed by atoms with Crippen molar-refractivity contribution in [3.63, 3.8) is 0 Å². The summed E-state index contributed by atoms with van der Waals surface area (Å²) >= 11 is 6.01. The number of phenolic OH excluding ortho intramolecular Hbond substituents is 1. The van der Waals surface area contributed by atoms with Crippen molar-refractivity contribution in [2.45, 2.75) is 31.9 Å². The molecule has 0 aliphatic carbocycles. The molecule has 162 valence electrons. The lowest BCUT2D eigenvalue weighted by molar-refractivity contribution is -0.137. The molecule has 2 aromatic rings. The minimum atomic E-state index is -4.48. The molecule has 5 nitrogen and oxygen atoms in total. The number of hydrogen-bond acceptors (Lipinski definition) is 4. The molecule has 3 rings (SSSR count). The van der Waals surface area contributed by atoms with Crippen LogP contribution >= 0.6 is 11.6 Å². The Morgan fingerprint density at radius 3 is 2.50 bits per heavy atom. The van der Waals surface area contributed by atoms with E-state index in [1.807, 2.05) is 17.0 Å². The van der Waals surface area contributed by atoms with E-state index in [2.05, 4.69) is 10.3 Å². The maximum absolute atomic E-state index is 12.8. The van der Waals surface area contributed by atoms with Gasteiger partial charge in [-0.25, -0.2) is 4.98 Å². The highest BCUT2D eigenvalue weighted by Crippen LogP contribution is 2.34. The second-order valence-corrected chi connectivity index (χ2v) is 7.76. The van der Waals surface area contributed by atoms with Crippen LogP contribution in [-0.4, -0.2) is 35.6 Å². The van der Waals surface area contributed by atoms with Crippen LogP contribution in [0.25, 0.3) is 0 Å². The van der Waals surface area contributed by atoms with Crippen molar-refractivity contribution in [1.29, 1.82) is 0 Å². The quantitative estimate of drug-likeness (QED) is 0.651. The summed E-state index contributed by atoms with van der Waals surface area (Å²) in [6, 6.07) is 7.87. The Morgan fingerprint density at radius 2 is 1.90 bits per heavy atom. The van der Waals surface area contributed by atoms with Gasteiger partial charge in [-0.05, 0) is 49.4 Å². The van der Waals surface area contributed by atoms with Crippen molar-refractivity contribution in [3.05, 3.63) is 52.7 Å². The number of carbonyl (C=O) groups excluding carboxylic acids is 1.